The summed E-state index contributed by atoms with van der Waals surface area (Å²) < 4.78 is 0. The molecule has 2 aromatic heterocycles. The average Bonchev–Trinajstić information content (AvgIpc) is 3.19. The molecule has 0 radical (unpaired) electrons. The number of hydrogen-bond donors (Lipinski definition) is 0. The Morgan fingerprint density at radius 1 is 0.440 bits per heavy atom. The Morgan fingerprint density at radius 3 is 1.26 bits per heavy atom. The first kappa shape index (κ1) is 32.0. The minimum absolute atomic E-state index is 0.633. The molecule has 0 amide bonds. The van der Waals surface area contributed by atoms with Gasteiger partial charge in [0.05, 0.1) is 11.4 Å². The van der Waals surface area contributed by atoms with Crippen LogP contribution in [0.5, 0.6) is 0 Å². The Labute approximate surface area is 293 Å². The molecule has 7 rings (SSSR count). The maximum atomic E-state index is 5.07. The van der Waals surface area contributed by atoms with Gasteiger partial charge in [-0.3, -0.25) is 0 Å². The molecule has 0 aliphatic rings. The van der Waals surface area contributed by atoms with Crippen LogP contribution in [0, 0.1) is 6.92 Å². The van der Waals surface area contributed by atoms with Crippen molar-refractivity contribution in [3.8, 4) is 67.9 Å². The molecule has 0 aliphatic carbocycles. The molecule has 0 fully saturated rings. The highest BCUT2D eigenvalue weighted by molar-refractivity contribution is 5.77. The molecule has 0 spiro atoms. The molecule has 2 heterocycles. The van der Waals surface area contributed by atoms with Gasteiger partial charge in [0.25, 0.3) is 0 Å². The summed E-state index contributed by atoms with van der Waals surface area (Å²) in [6.07, 6.45) is 7.72. The lowest BCUT2D eigenvalue weighted by atomic mass is 9.98. The molecule has 50 heavy (non-hydrogen) atoms. The van der Waals surface area contributed by atoms with Gasteiger partial charge in [-0.05, 0) is 30.5 Å². The zero-order valence-electron chi connectivity index (χ0n) is 28.0. The molecule has 5 heteroatoms. The number of allylic oxidation sites excluding steroid dienone is 5. The van der Waals surface area contributed by atoms with Gasteiger partial charge in [-0.2, -0.15) is 0 Å². The van der Waals surface area contributed by atoms with E-state index < -0.39 is 0 Å². The van der Waals surface area contributed by atoms with Crippen molar-refractivity contribution in [2.24, 2.45) is 0 Å². The molecule has 5 aromatic carbocycles. The lowest BCUT2D eigenvalue weighted by Crippen LogP contribution is -2.02. The van der Waals surface area contributed by atoms with Crippen LogP contribution in [-0.4, -0.2) is 24.9 Å². The molecule has 0 N–H and O–H groups in total. The number of nitrogens with zero attached hydrogens (tertiary/aromatic N) is 5. The second-order valence-corrected chi connectivity index (χ2v) is 11.9. The summed E-state index contributed by atoms with van der Waals surface area (Å²) in [4.78, 5) is 24.6. The van der Waals surface area contributed by atoms with Crippen LogP contribution in [0.15, 0.2) is 170 Å². The normalized spacial score (nSPS) is 11.5. The van der Waals surface area contributed by atoms with Gasteiger partial charge >= 0.3 is 0 Å². The quantitative estimate of drug-likeness (QED) is 0.146. The monoisotopic (exact) mass is 645 g/mol. The van der Waals surface area contributed by atoms with Gasteiger partial charge in [0.1, 0.15) is 0 Å². The van der Waals surface area contributed by atoms with E-state index in [2.05, 4.69) is 75.0 Å². The van der Waals surface area contributed by atoms with Crippen LogP contribution in [0.1, 0.15) is 18.2 Å². The third-order valence-corrected chi connectivity index (χ3v) is 8.48. The minimum Gasteiger partial charge on any atom is -0.228 e. The molecule has 0 bridgehead atoms. The highest BCUT2D eigenvalue weighted by Gasteiger charge is 2.16. The lowest BCUT2D eigenvalue weighted by Gasteiger charge is -2.14. The first-order valence-corrected chi connectivity index (χ1v) is 16.6. The predicted octanol–water partition coefficient (Wildman–Crippen LogP) is 11.1. The van der Waals surface area contributed by atoms with E-state index in [9.17, 15) is 0 Å². The summed E-state index contributed by atoms with van der Waals surface area (Å²) in [6, 6.07) is 47.1. The van der Waals surface area contributed by atoms with Crippen molar-refractivity contribution < 1.29 is 0 Å². The van der Waals surface area contributed by atoms with Crippen LogP contribution < -0.4 is 0 Å². The molecule has 0 aliphatic heterocycles. The standard InChI is InChI=1S/C45H35N5/c1-4-5-9-16-31(2)40-32(3)41(47-42(46-40)36-17-10-6-11-18-36)35-27-23-33(24-28-35)34-25-29-39(30-26-34)45-49-43(37-19-12-7-13-20-37)48-44(50-45)38-21-14-8-15-22-38/h4-30H,1H2,2-3H3/b9-5-,31-16+. The highest BCUT2D eigenvalue weighted by atomic mass is 15.0. The van der Waals surface area contributed by atoms with Crippen LogP contribution in [0.25, 0.3) is 73.5 Å². The lowest BCUT2D eigenvalue weighted by molar-refractivity contribution is 1.07. The van der Waals surface area contributed by atoms with E-state index in [1.54, 1.807) is 6.08 Å². The third kappa shape index (κ3) is 6.98. The molecule has 0 unspecified atom stereocenters. The van der Waals surface area contributed by atoms with Crippen LogP contribution in [0.4, 0.5) is 0 Å². The second kappa shape index (κ2) is 14.7. The molecular formula is C45H35N5. The SMILES string of the molecule is C=C/C=C\C=C(/C)c1nc(-c2ccccc2)nc(-c2ccc(-c3ccc(-c4nc(-c5ccccc5)nc(-c5ccccc5)n4)cc3)cc2)c1C. The summed E-state index contributed by atoms with van der Waals surface area (Å²) >= 11 is 0. The van der Waals surface area contributed by atoms with Crippen molar-refractivity contribution >= 4 is 5.57 Å². The van der Waals surface area contributed by atoms with Crippen molar-refractivity contribution in [3.05, 3.63) is 182 Å². The number of rotatable bonds is 9. The summed E-state index contributed by atoms with van der Waals surface area (Å²) in [5, 5.41) is 0. The Bertz CT molecular complexity index is 2250. The van der Waals surface area contributed by atoms with E-state index in [-0.39, 0.29) is 0 Å². The maximum absolute atomic E-state index is 5.07. The minimum atomic E-state index is 0.633. The third-order valence-electron chi connectivity index (χ3n) is 8.48. The van der Waals surface area contributed by atoms with Crippen LogP contribution in [0.3, 0.4) is 0 Å². The van der Waals surface area contributed by atoms with Gasteiger partial charge in [-0.15, -0.1) is 0 Å². The largest absolute Gasteiger partial charge is 0.228 e. The highest BCUT2D eigenvalue weighted by Crippen LogP contribution is 2.32. The van der Waals surface area contributed by atoms with E-state index >= 15 is 0 Å². The van der Waals surface area contributed by atoms with Crippen LogP contribution in [0.2, 0.25) is 0 Å². The van der Waals surface area contributed by atoms with Crippen molar-refractivity contribution in [3.63, 3.8) is 0 Å². The van der Waals surface area contributed by atoms with Gasteiger partial charge < -0.3 is 0 Å². The fourth-order valence-electron chi connectivity index (χ4n) is 5.83. The topological polar surface area (TPSA) is 64.5 Å². The zero-order chi connectivity index (χ0) is 34.3. The van der Waals surface area contributed by atoms with Gasteiger partial charge in [0.15, 0.2) is 23.3 Å². The van der Waals surface area contributed by atoms with Gasteiger partial charge in [-0.1, -0.05) is 170 Å². The molecule has 240 valence electrons. The van der Waals surface area contributed by atoms with Crippen molar-refractivity contribution in [1.82, 2.24) is 24.9 Å². The first-order chi connectivity index (χ1) is 24.6. The average molecular weight is 646 g/mol. The number of hydrogen-bond acceptors (Lipinski definition) is 5. The Hall–Kier alpha value is -6.59. The smallest absolute Gasteiger partial charge is 0.164 e. The Kier molecular flexibility index (Phi) is 9.38. The second-order valence-electron chi connectivity index (χ2n) is 11.9. The van der Waals surface area contributed by atoms with Crippen molar-refractivity contribution in [1.29, 1.82) is 0 Å². The van der Waals surface area contributed by atoms with E-state index in [0.29, 0.717) is 23.3 Å². The molecular weight excluding hydrogens is 611 g/mol. The van der Waals surface area contributed by atoms with E-state index in [1.807, 2.05) is 103 Å². The Balaban J connectivity index is 1.22. The first-order valence-electron chi connectivity index (χ1n) is 16.6. The summed E-state index contributed by atoms with van der Waals surface area (Å²) in [6.45, 7) is 7.95. The maximum Gasteiger partial charge on any atom is 0.164 e. The van der Waals surface area contributed by atoms with Gasteiger partial charge in [-0.25, -0.2) is 24.9 Å². The fraction of sp³-hybridized carbons (Fsp3) is 0.0444. The number of benzene rings is 5. The predicted molar refractivity (Wildman–Crippen MR) is 206 cm³/mol. The fourth-order valence-corrected chi connectivity index (χ4v) is 5.83. The molecule has 5 nitrogen and oxygen atoms in total. The summed E-state index contributed by atoms with van der Waals surface area (Å²) in [7, 11) is 0. The van der Waals surface area contributed by atoms with E-state index in [1.165, 1.54) is 0 Å². The van der Waals surface area contributed by atoms with Gasteiger partial charge in [0, 0.05) is 33.4 Å². The van der Waals surface area contributed by atoms with E-state index in [4.69, 9.17) is 24.9 Å². The zero-order valence-corrected chi connectivity index (χ0v) is 28.0. The molecule has 0 atom stereocenters. The van der Waals surface area contributed by atoms with Crippen LogP contribution in [-0.2, 0) is 0 Å². The molecule has 7 aromatic rings. The van der Waals surface area contributed by atoms with E-state index in [0.717, 1.165) is 61.5 Å². The van der Waals surface area contributed by atoms with Crippen molar-refractivity contribution in [2.75, 3.05) is 0 Å². The van der Waals surface area contributed by atoms with Gasteiger partial charge in [0.2, 0.25) is 0 Å². The van der Waals surface area contributed by atoms with Crippen molar-refractivity contribution in [2.45, 2.75) is 13.8 Å². The summed E-state index contributed by atoms with van der Waals surface area (Å²) in [5.41, 5.74) is 11.0. The molecule has 0 saturated heterocycles. The molecule has 0 saturated carbocycles. The number of aromatic nitrogens is 5. The Morgan fingerprint density at radius 2 is 0.820 bits per heavy atom. The van der Waals surface area contributed by atoms with Crippen LogP contribution >= 0.6 is 0 Å². The summed E-state index contributed by atoms with van der Waals surface area (Å²) in [5.74, 6) is 2.62.